The number of methoxy groups -OCH3 is 2. The van der Waals surface area contributed by atoms with Crippen LogP contribution in [0.3, 0.4) is 0 Å². The molecular weight excluding hydrogens is 430 g/mol. The Labute approximate surface area is 190 Å². The van der Waals surface area contributed by atoms with Gasteiger partial charge in [0.15, 0.2) is 9.84 Å². The van der Waals surface area contributed by atoms with Crippen molar-refractivity contribution in [3.8, 4) is 11.5 Å². The van der Waals surface area contributed by atoms with Crippen molar-refractivity contribution < 1.29 is 27.4 Å². The number of carbonyl (C=O) groups is 1. The highest BCUT2D eigenvalue weighted by Crippen LogP contribution is 2.44. The van der Waals surface area contributed by atoms with E-state index in [1.807, 2.05) is 0 Å². The molecule has 3 rings (SSSR count). The van der Waals surface area contributed by atoms with E-state index >= 15 is 0 Å². The summed E-state index contributed by atoms with van der Waals surface area (Å²) in [6.07, 6.45) is 1.20. The highest BCUT2D eigenvalue weighted by Gasteiger charge is 2.46. The van der Waals surface area contributed by atoms with E-state index in [4.69, 9.17) is 14.2 Å². The molecule has 8 heteroatoms. The molecule has 0 amide bonds. The Morgan fingerprint density at radius 1 is 0.969 bits per heavy atom. The molecule has 1 aliphatic heterocycles. The summed E-state index contributed by atoms with van der Waals surface area (Å²) in [5.41, 5.74) is -0.255. The van der Waals surface area contributed by atoms with Gasteiger partial charge in [-0.1, -0.05) is 12.1 Å². The Morgan fingerprint density at radius 2 is 1.50 bits per heavy atom. The van der Waals surface area contributed by atoms with Gasteiger partial charge in [-0.25, -0.2) is 8.42 Å². The Kier molecular flexibility index (Phi) is 7.79. The highest BCUT2D eigenvalue weighted by molar-refractivity contribution is 7.91. The largest absolute Gasteiger partial charge is 0.497 e. The zero-order valence-electron chi connectivity index (χ0n) is 18.8. The summed E-state index contributed by atoms with van der Waals surface area (Å²) in [6.45, 7) is 3.29. The van der Waals surface area contributed by atoms with Gasteiger partial charge in [0.2, 0.25) is 0 Å². The molecule has 1 aliphatic rings. The third-order valence-corrected chi connectivity index (χ3v) is 8.21. The summed E-state index contributed by atoms with van der Waals surface area (Å²) in [7, 11) is -0.717. The van der Waals surface area contributed by atoms with Crippen molar-refractivity contribution >= 4 is 15.8 Å². The third-order valence-electron chi connectivity index (χ3n) is 6.10. The zero-order valence-corrected chi connectivity index (χ0v) is 19.6. The lowest BCUT2D eigenvalue weighted by Gasteiger charge is -2.37. The van der Waals surface area contributed by atoms with Gasteiger partial charge in [-0.15, -0.1) is 0 Å². The Morgan fingerprint density at radius 3 is 2.00 bits per heavy atom. The fourth-order valence-corrected chi connectivity index (χ4v) is 6.09. The van der Waals surface area contributed by atoms with Crippen molar-refractivity contribution in [1.29, 1.82) is 0 Å². The standard InChI is InChI=1S/C24H31NO6S/c1-4-31-23(26)24(13-15-25-16-14-24)17-22(18-5-7-19(29-2)8-6-18)32(27,28)21-11-9-20(30-3)10-12-21/h5-12,22,25H,4,13-17H2,1-3H3. The normalized spacial score (nSPS) is 16.7. The first-order valence-corrected chi connectivity index (χ1v) is 12.3. The third kappa shape index (κ3) is 5.07. The monoisotopic (exact) mass is 461 g/mol. The molecule has 32 heavy (non-hydrogen) atoms. The zero-order chi connectivity index (χ0) is 23.2. The van der Waals surface area contributed by atoms with Gasteiger partial charge in [-0.3, -0.25) is 4.79 Å². The summed E-state index contributed by atoms with van der Waals surface area (Å²) in [5, 5.41) is 2.35. The highest BCUT2D eigenvalue weighted by atomic mass is 32.2. The van der Waals surface area contributed by atoms with E-state index in [1.54, 1.807) is 62.6 Å². The first-order chi connectivity index (χ1) is 15.4. The van der Waals surface area contributed by atoms with Gasteiger partial charge in [-0.05, 0) is 81.2 Å². The molecule has 2 aromatic carbocycles. The van der Waals surface area contributed by atoms with Crippen LogP contribution in [0.1, 0.15) is 37.0 Å². The number of hydrogen-bond donors (Lipinski definition) is 1. The van der Waals surface area contributed by atoms with Gasteiger partial charge < -0.3 is 19.5 Å². The molecule has 1 fully saturated rings. The van der Waals surface area contributed by atoms with Crippen molar-refractivity contribution in [2.24, 2.45) is 5.41 Å². The van der Waals surface area contributed by atoms with Crippen molar-refractivity contribution in [3.63, 3.8) is 0 Å². The molecule has 0 radical (unpaired) electrons. The Balaban J connectivity index is 2.07. The van der Waals surface area contributed by atoms with Crippen LogP contribution in [-0.2, 0) is 19.4 Å². The second kappa shape index (κ2) is 10.4. The van der Waals surface area contributed by atoms with Crippen molar-refractivity contribution in [1.82, 2.24) is 5.32 Å². The summed E-state index contributed by atoms with van der Waals surface area (Å²) in [6, 6.07) is 13.3. The van der Waals surface area contributed by atoms with Gasteiger partial charge in [0.05, 0.1) is 36.4 Å². The lowest BCUT2D eigenvalue weighted by atomic mass is 9.74. The van der Waals surface area contributed by atoms with Gasteiger partial charge in [0.25, 0.3) is 0 Å². The molecule has 174 valence electrons. The van der Waals surface area contributed by atoms with E-state index in [1.165, 1.54) is 7.11 Å². The molecule has 0 spiro atoms. The maximum atomic E-state index is 13.8. The Hall–Kier alpha value is -2.58. The maximum absolute atomic E-state index is 13.8. The molecular formula is C24H31NO6S. The number of rotatable bonds is 9. The van der Waals surface area contributed by atoms with Crippen LogP contribution in [0.5, 0.6) is 11.5 Å². The first kappa shape index (κ1) is 24.1. The molecule has 1 N–H and O–H groups in total. The predicted molar refractivity (Wildman–Crippen MR) is 122 cm³/mol. The predicted octanol–water partition coefficient (Wildman–Crippen LogP) is 3.54. The summed E-state index contributed by atoms with van der Waals surface area (Å²) < 4.78 is 43.5. The molecule has 0 saturated carbocycles. The lowest BCUT2D eigenvalue weighted by molar-refractivity contribution is -0.157. The summed E-state index contributed by atoms with van der Waals surface area (Å²) in [4.78, 5) is 13.2. The first-order valence-electron chi connectivity index (χ1n) is 10.8. The fraction of sp³-hybridized carbons (Fsp3) is 0.458. The van der Waals surface area contributed by atoms with Crippen LogP contribution >= 0.6 is 0 Å². The van der Waals surface area contributed by atoms with Crippen LogP contribution < -0.4 is 14.8 Å². The number of ether oxygens (including phenoxy) is 3. The lowest BCUT2D eigenvalue weighted by Crippen LogP contribution is -2.44. The Bertz CT molecular complexity index is 996. The van der Waals surface area contributed by atoms with Crippen LogP contribution in [-0.4, -0.2) is 48.3 Å². The van der Waals surface area contributed by atoms with Gasteiger partial charge >= 0.3 is 5.97 Å². The average molecular weight is 462 g/mol. The van der Waals surface area contributed by atoms with E-state index in [0.29, 0.717) is 43.0 Å². The number of piperidine rings is 1. The maximum Gasteiger partial charge on any atom is 0.312 e. The van der Waals surface area contributed by atoms with E-state index in [2.05, 4.69) is 5.32 Å². The molecule has 1 atom stereocenters. The van der Waals surface area contributed by atoms with E-state index < -0.39 is 20.5 Å². The number of esters is 1. The number of carbonyl (C=O) groups excluding carboxylic acids is 1. The van der Waals surface area contributed by atoms with Gasteiger partial charge in [0.1, 0.15) is 11.5 Å². The number of sulfone groups is 1. The van der Waals surface area contributed by atoms with E-state index in [-0.39, 0.29) is 23.9 Å². The molecule has 2 aromatic rings. The SMILES string of the molecule is CCOC(=O)C1(CC(c2ccc(OC)cc2)S(=O)(=O)c2ccc(OC)cc2)CCNCC1. The van der Waals surface area contributed by atoms with Gasteiger partial charge in [0, 0.05) is 0 Å². The second-order valence-electron chi connectivity index (χ2n) is 7.94. The smallest absolute Gasteiger partial charge is 0.312 e. The molecule has 0 aromatic heterocycles. The second-order valence-corrected chi connectivity index (χ2v) is 10.1. The molecule has 1 unspecified atom stereocenters. The van der Waals surface area contributed by atoms with Crippen LogP contribution in [0.4, 0.5) is 0 Å². The fourth-order valence-electron chi connectivity index (χ4n) is 4.19. The van der Waals surface area contributed by atoms with Crippen molar-refractivity contribution in [2.75, 3.05) is 33.9 Å². The number of benzene rings is 2. The van der Waals surface area contributed by atoms with E-state index in [9.17, 15) is 13.2 Å². The van der Waals surface area contributed by atoms with E-state index in [0.717, 1.165) is 0 Å². The van der Waals surface area contributed by atoms with Gasteiger partial charge in [-0.2, -0.15) is 0 Å². The molecule has 1 heterocycles. The minimum absolute atomic E-state index is 0.147. The summed E-state index contributed by atoms with van der Waals surface area (Å²) in [5.74, 6) is 0.882. The number of nitrogens with one attached hydrogen (secondary N) is 1. The van der Waals surface area contributed by atoms with Crippen molar-refractivity contribution in [3.05, 3.63) is 54.1 Å². The van der Waals surface area contributed by atoms with Crippen molar-refractivity contribution in [2.45, 2.75) is 36.3 Å². The van der Waals surface area contributed by atoms with Crippen LogP contribution in [0.15, 0.2) is 53.4 Å². The number of hydrogen-bond acceptors (Lipinski definition) is 7. The molecule has 0 aliphatic carbocycles. The molecule has 1 saturated heterocycles. The minimum Gasteiger partial charge on any atom is -0.497 e. The quantitative estimate of drug-likeness (QED) is 0.571. The van der Waals surface area contributed by atoms with Crippen LogP contribution in [0, 0.1) is 5.41 Å². The minimum atomic E-state index is -3.81. The molecule has 7 nitrogen and oxygen atoms in total. The van der Waals surface area contributed by atoms with Crippen LogP contribution in [0.2, 0.25) is 0 Å². The molecule has 0 bridgehead atoms. The van der Waals surface area contributed by atoms with Crippen LogP contribution in [0.25, 0.3) is 0 Å². The summed E-state index contributed by atoms with van der Waals surface area (Å²) >= 11 is 0. The average Bonchev–Trinajstić information content (AvgIpc) is 2.83. The topological polar surface area (TPSA) is 90.9 Å².